The number of hydrogen-bond donors (Lipinski definition) is 0. The summed E-state index contributed by atoms with van der Waals surface area (Å²) in [6.07, 6.45) is -0.602. The number of aromatic nitrogens is 2. The Morgan fingerprint density at radius 1 is 1.00 bits per heavy atom. The zero-order valence-electron chi connectivity index (χ0n) is 8.48. The maximum Gasteiger partial charge on any atom is 0.419 e. The Hall–Kier alpha value is -2.11. The van der Waals surface area contributed by atoms with Crippen molar-refractivity contribution in [2.75, 3.05) is 0 Å². The molecule has 88 valence electrons. The maximum absolute atomic E-state index is 12.6. The quantitative estimate of drug-likeness (QED) is 0.807. The first-order chi connectivity index (χ1) is 8.07. The third kappa shape index (κ3) is 2.72. The molecule has 1 heterocycles. The van der Waals surface area contributed by atoms with Crippen molar-refractivity contribution in [2.45, 2.75) is 6.18 Å². The highest BCUT2D eigenvalue weighted by Gasteiger charge is 2.34. The molecule has 0 saturated carbocycles. The number of benzene rings is 1. The average Bonchev–Trinajstić information content (AvgIpc) is 2.30. The van der Waals surface area contributed by atoms with Crippen LogP contribution in [0.15, 0.2) is 43.0 Å². The van der Waals surface area contributed by atoms with E-state index in [4.69, 9.17) is 4.74 Å². The van der Waals surface area contributed by atoms with Crippen molar-refractivity contribution in [1.82, 2.24) is 9.97 Å². The summed E-state index contributed by atoms with van der Waals surface area (Å²) in [5, 5.41) is 0. The number of alkyl halides is 3. The van der Waals surface area contributed by atoms with Crippen molar-refractivity contribution in [3.63, 3.8) is 0 Å². The zero-order chi connectivity index (χ0) is 12.3. The van der Waals surface area contributed by atoms with Crippen molar-refractivity contribution in [3.05, 3.63) is 48.5 Å². The Labute approximate surface area is 94.9 Å². The first-order valence-corrected chi connectivity index (χ1v) is 4.66. The second-order valence-electron chi connectivity index (χ2n) is 3.17. The lowest BCUT2D eigenvalue weighted by molar-refractivity contribution is -0.138. The third-order valence-corrected chi connectivity index (χ3v) is 1.96. The molecule has 0 radical (unpaired) electrons. The fourth-order valence-electron chi connectivity index (χ4n) is 1.25. The van der Waals surface area contributed by atoms with Crippen molar-refractivity contribution < 1.29 is 17.9 Å². The van der Waals surface area contributed by atoms with Crippen LogP contribution in [0.1, 0.15) is 5.56 Å². The molecular weight excluding hydrogens is 233 g/mol. The predicted molar refractivity (Wildman–Crippen MR) is 53.6 cm³/mol. The SMILES string of the molecule is FC(F)(F)c1ccccc1Oc1cncnc1. The number of nitrogens with zero attached hydrogens (tertiary/aromatic N) is 2. The molecule has 1 aromatic heterocycles. The summed E-state index contributed by atoms with van der Waals surface area (Å²) in [4.78, 5) is 7.31. The van der Waals surface area contributed by atoms with Crippen LogP contribution >= 0.6 is 0 Å². The van der Waals surface area contributed by atoms with E-state index in [0.717, 1.165) is 6.07 Å². The molecule has 0 N–H and O–H groups in total. The molecule has 17 heavy (non-hydrogen) atoms. The van der Waals surface area contributed by atoms with Crippen LogP contribution < -0.4 is 4.74 Å². The molecule has 0 fully saturated rings. The molecule has 0 bridgehead atoms. The molecule has 0 aliphatic heterocycles. The summed E-state index contributed by atoms with van der Waals surface area (Å²) in [6, 6.07) is 4.97. The molecular formula is C11H7F3N2O. The lowest BCUT2D eigenvalue weighted by atomic mass is 10.2. The molecule has 2 aromatic rings. The van der Waals surface area contributed by atoms with Crippen LogP contribution in [0.25, 0.3) is 0 Å². The van der Waals surface area contributed by atoms with E-state index in [1.165, 1.54) is 36.9 Å². The fraction of sp³-hybridized carbons (Fsp3) is 0.0909. The zero-order valence-corrected chi connectivity index (χ0v) is 8.48. The van der Waals surface area contributed by atoms with E-state index < -0.39 is 11.7 Å². The summed E-state index contributed by atoms with van der Waals surface area (Å²) in [7, 11) is 0. The Balaban J connectivity index is 2.34. The Morgan fingerprint density at radius 2 is 1.65 bits per heavy atom. The van der Waals surface area contributed by atoms with Crippen molar-refractivity contribution >= 4 is 0 Å². The summed E-state index contributed by atoms with van der Waals surface area (Å²) in [5.74, 6) is -0.112. The van der Waals surface area contributed by atoms with Gasteiger partial charge in [0.1, 0.15) is 12.1 Å². The third-order valence-electron chi connectivity index (χ3n) is 1.96. The maximum atomic E-state index is 12.6. The van der Waals surface area contributed by atoms with Crippen LogP contribution in [0, 0.1) is 0 Å². The van der Waals surface area contributed by atoms with Crippen LogP contribution in [0.5, 0.6) is 11.5 Å². The minimum absolute atomic E-state index is 0.157. The van der Waals surface area contributed by atoms with Crippen molar-refractivity contribution in [1.29, 1.82) is 0 Å². The number of ether oxygens (including phenoxy) is 1. The number of hydrogen-bond acceptors (Lipinski definition) is 3. The van der Waals surface area contributed by atoms with Gasteiger partial charge >= 0.3 is 6.18 Å². The standard InChI is InChI=1S/C11H7F3N2O/c12-11(13,14)9-3-1-2-4-10(9)17-8-5-15-7-16-6-8/h1-7H. The van der Waals surface area contributed by atoms with E-state index in [1.54, 1.807) is 0 Å². The molecule has 1 aromatic carbocycles. The lowest BCUT2D eigenvalue weighted by Gasteiger charge is -2.12. The largest absolute Gasteiger partial charge is 0.453 e. The molecule has 6 heteroatoms. The van der Waals surface area contributed by atoms with Gasteiger partial charge in [0.05, 0.1) is 18.0 Å². The highest BCUT2D eigenvalue weighted by Crippen LogP contribution is 2.37. The number of halogens is 3. The molecule has 0 unspecified atom stereocenters. The number of rotatable bonds is 2. The van der Waals surface area contributed by atoms with Crippen LogP contribution in [0.3, 0.4) is 0 Å². The highest BCUT2D eigenvalue weighted by molar-refractivity contribution is 5.38. The van der Waals surface area contributed by atoms with Crippen LogP contribution in [-0.4, -0.2) is 9.97 Å². The van der Waals surface area contributed by atoms with Gasteiger partial charge in [-0.1, -0.05) is 12.1 Å². The van der Waals surface area contributed by atoms with Crippen LogP contribution in [0.4, 0.5) is 13.2 Å². The molecule has 3 nitrogen and oxygen atoms in total. The minimum atomic E-state index is -4.45. The molecule has 0 aliphatic rings. The van der Waals surface area contributed by atoms with E-state index >= 15 is 0 Å². The molecule has 0 aliphatic carbocycles. The minimum Gasteiger partial charge on any atom is -0.453 e. The van der Waals surface area contributed by atoms with Crippen molar-refractivity contribution in [3.8, 4) is 11.5 Å². The van der Waals surface area contributed by atoms with Gasteiger partial charge in [-0.15, -0.1) is 0 Å². The molecule has 0 amide bonds. The summed E-state index contributed by atoms with van der Waals surface area (Å²) in [5.41, 5.74) is -0.830. The molecule has 0 atom stereocenters. The Kier molecular flexibility index (Phi) is 2.95. The first-order valence-electron chi connectivity index (χ1n) is 4.66. The highest BCUT2D eigenvalue weighted by atomic mass is 19.4. The number of para-hydroxylation sites is 1. The van der Waals surface area contributed by atoms with Gasteiger partial charge in [0, 0.05) is 0 Å². The smallest absolute Gasteiger partial charge is 0.419 e. The van der Waals surface area contributed by atoms with Gasteiger partial charge in [0.2, 0.25) is 0 Å². The van der Waals surface area contributed by atoms with E-state index in [-0.39, 0.29) is 11.5 Å². The second-order valence-corrected chi connectivity index (χ2v) is 3.17. The van der Waals surface area contributed by atoms with Gasteiger partial charge in [-0.2, -0.15) is 13.2 Å². The predicted octanol–water partition coefficient (Wildman–Crippen LogP) is 3.29. The van der Waals surface area contributed by atoms with Crippen LogP contribution in [-0.2, 0) is 6.18 Å². The Morgan fingerprint density at radius 3 is 2.29 bits per heavy atom. The van der Waals surface area contributed by atoms with Gasteiger partial charge < -0.3 is 4.74 Å². The van der Waals surface area contributed by atoms with Gasteiger partial charge in [-0.05, 0) is 12.1 Å². The van der Waals surface area contributed by atoms with Crippen LogP contribution in [0.2, 0.25) is 0 Å². The van der Waals surface area contributed by atoms with Gasteiger partial charge in [0.25, 0.3) is 0 Å². The summed E-state index contributed by atoms with van der Waals surface area (Å²) >= 11 is 0. The van der Waals surface area contributed by atoms with E-state index in [1.807, 2.05) is 0 Å². The molecule has 0 saturated heterocycles. The fourth-order valence-corrected chi connectivity index (χ4v) is 1.25. The van der Waals surface area contributed by atoms with E-state index in [0.29, 0.717) is 0 Å². The van der Waals surface area contributed by atoms with Gasteiger partial charge in [-0.3, -0.25) is 0 Å². The molecule has 0 spiro atoms. The lowest BCUT2D eigenvalue weighted by Crippen LogP contribution is -2.06. The normalized spacial score (nSPS) is 11.2. The van der Waals surface area contributed by atoms with Gasteiger partial charge in [-0.25, -0.2) is 9.97 Å². The topological polar surface area (TPSA) is 35.0 Å². The van der Waals surface area contributed by atoms with Crippen molar-refractivity contribution in [2.24, 2.45) is 0 Å². The van der Waals surface area contributed by atoms with E-state index in [9.17, 15) is 13.2 Å². The monoisotopic (exact) mass is 240 g/mol. The van der Waals surface area contributed by atoms with Gasteiger partial charge in [0.15, 0.2) is 5.75 Å². The summed E-state index contributed by atoms with van der Waals surface area (Å²) < 4.78 is 43.0. The summed E-state index contributed by atoms with van der Waals surface area (Å²) in [6.45, 7) is 0. The average molecular weight is 240 g/mol. The molecule has 2 rings (SSSR count). The first kappa shape index (κ1) is 11.4. The van der Waals surface area contributed by atoms with E-state index in [2.05, 4.69) is 9.97 Å². The Bertz CT molecular complexity index is 500. The second kappa shape index (κ2) is 4.40.